The van der Waals surface area contributed by atoms with E-state index in [9.17, 15) is 0 Å². The third kappa shape index (κ3) is 37.8. The van der Waals surface area contributed by atoms with Crippen LogP contribution >= 0.6 is 0 Å². The summed E-state index contributed by atoms with van der Waals surface area (Å²) in [5, 5.41) is 0. The lowest BCUT2D eigenvalue weighted by atomic mass is 9.64. The molecule has 0 fully saturated rings. The van der Waals surface area contributed by atoms with Crippen molar-refractivity contribution in [3.8, 4) is 0 Å². The molecular weight excluding hydrogens is 781 g/mol. The summed E-state index contributed by atoms with van der Waals surface area (Å²) in [6, 6.07) is 0. The highest BCUT2D eigenvalue weighted by Crippen LogP contribution is 2.49. The molecule has 0 amide bonds. The summed E-state index contributed by atoms with van der Waals surface area (Å²) in [5.41, 5.74) is 5.27. The molecule has 0 aliphatic carbocycles. The molecule has 0 spiro atoms. The maximum Gasteiger partial charge on any atom is 0.0201 e. The first-order valence-corrected chi connectivity index (χ1v) is 29.8. The van der Waals surface area contributed by atoms with E-state index in [0.717, 1.165) is 12.8 Å². The van der Waals surface area contributed by atoms with E-state index in [0.29, 0.717) is 0 Å². The van der Waals surface area contributed by atoms with E-state index in [1.165, 1.54) is 263 Å². The Morgan fingerprint density at radius 3 is 1.26 bits per heavy atom. The average Bonchev–Trinajstić information content (AvgIpc) is 3.31. The summed E-state index contributed by atoms with van der Waals surface area (Å²) < 4.78 is 0. The molecule has 1 atom stereocenters. The van der Waals surface area contributed by atoms with Crippen molar-refractivity contribution in [2.75, 3.05) is 0 Å². The van der Waals surface area contributed by atoms with Gasteiger partial charge in [-0.2, -0.15) is 0 Å². The van der Waals surface area contributed by atoms with E-state index in [4.69, 9.17) is 0 Å². The van der Waals surface area contributed by atoms with Crippen LogP contribution in [0.15, 0.2) is 83.6 Å². The number of allylic oxidation sites excluding steroid dienone is 14. The molecule has 0 bridgehead atoms. The van der Waals surface area contributed by atoms with Crippen molar-refractivity contribution < 1.29 is 0 Å². The van der Waals surface area contributed by atoms with Crippen molar-refractivity contribution in [1.29, 1.82) is 0 Å². The molecule has 0 aliphatic rings. The van der Waals surface area contributed by atoms with Gasteiger partial charge >= 0.3 is 0 Å². The predicted octanol–water partition coefficient (Wildman–Crippen LogP) is 23.9. The lowest BCUT2D eigenvalue weighted by Crippen LogP contribution is -2.27. The molecule has 0 aliphatic heterocycles. The Balaban J connectivity index is 7.89. The maximum atomic E-state index is 2.83. The molecule has 0 heteroatoms. The minimum atomic E-state index is 0.00495. The molecular formula is C65H118. The molecule has 0 aromatic rings. The second kappa shape index (κ2) is 51.6. The number of rotatable bonds is 50. The molecule has 0 aromatic heterocycles. The van der Waals surface area contributed by atoms with Crippen LogP contribution in [0.5, 0.6) is 0 Å². The number of hydrogen-bond donors (Lipinski definition) is 0. The van der Waals surface area contributed by atoms with Gasteiger partial charge in [-0.1, -0.05) is 281 Å². The molecule has 0 N–H and O–H groups in total. The van der Waals surface area contributed by atoms with Crippen LogP contribution in [0.2, 0.25) is 0 Å². The molecule has 0 saturated carbocycles. The number of hydrogen-bond acceptors (Lipinski definition) is 0. The van der Waals surface area contributed by atoms with Gasteiger partial charge in [0, 0.05) is 5.41 Å². The molecule has 0 aromatic carbocycles. The fourth-order valence-electron chi connectivity index (χ4n) is 9.68. The largest absolute Gasteiger partial charge is 0.0885 e. The normalized spacial score (nSPS) is 14.1. The highest BCUT2D eigenvalue weighted by molar-refractivity contribution is 5.43. The fourth-order valence-corrected chi connectivity index (χ4v) is 9.68. The molecule has 378 valence electrons. The van der Waals surface area contributed by atoms with Gasteiger partial charge in [-0.3, -0.25) is 0 Å². The second-order valence-corrected chi connectivity index (χ2v) is 20.2. The summed E-state index contributed by atoms with van der Waals surface area (Å²) >= 11 is 0. The van der Waals surface area contributed by atoms with Crippen LogP contribution in [-0.2, 0) is 0 Å². The van der Waals surface area contributed by atoms with Gasteiger partial charge in [0.25, 0.3) is 0 Å². The lowest BCUT2D eigenvalue weighted by molar-refractivity contribution is 0.394. The second-order valence-electron chi connectivity index (χ2n) is 20.2. The number of unbranched alkanes of at least 4 members (excludes halogenated alkanes) is 29. The Hall–Kier alpha value is -1.82. The zero-order chi connectivity index (χ0) is 47.4. The van der Waals surface area contributed by atoms with Crippen LogP contribution < -0.4 is 0 Å². The van der Waals surface area contributed by atoms with E-state index < -0.39 is 0 Å². The van der Waals surface area contributed by atoms with Gasteiger partial charge in [-0.25, -0.2) is 0 Å². The maximum absolute atomic E-state index is 2.83. The third-order valence-corrected chi connectivity index (χ3v) is 14.0. The van der Waals surface area contributed by atoms with Crippen molar-refractivity contribution in [1.82, 2.24) is 0 Å². The monoisotopic (exact) mass is 899 g/mol. The van der Waals surface area contributed by atoms with Crippen molar-refractivity contribution in [3.05, 3.63) is 83.6 Å². The fraction of sp³-hybridized carbons (Fsp3) is 0.785. The average molecular weight is 900 g/mol. The minimum Gasteiger partial charge on any atom is -0.0885 e. The molecule has 0 heterocycles. The van der Waals surface area contributed by atoms with Crippen molar-refractivity contribution in [2.24, 2.45) is 5.41 Å². The van der Waals surface area contributed by atoms with E-state index in [2.05, 4.69) is 115 Å². The smallest absolute Gasteiger partial charge is 0.0201 e. The Bertz CT molecular complexity index is 1180. The van der Waals surface area contributed by atoms with E-state index in [-0.39, 0.29) is 5.41 Å². The topological polar surface area (TPSA) is 0 Å². The zero-order valence-electron chi connectivity index (χ0n) is 45.8. The van der Waals surface area contributed by atoms with Crippen molar-refractivity contribution in [3.63, 3.8) is 0 Å². The standard InChI is InChI=1S/C65H118/c1-8-15-22-29-35-38-43-50-57-63(58-51-44-39-36-30-23-16-9-2)65(60-53-46-40-32-25-18-11-4,61-54-47-41-33-26-19-12-5)64(59-52-45-37-31-24-17-10-3)62(55-48-28-21-14-7)56-49-42-34-27-20-13-6/h34,40,42-43,46-47,50,52,54,58-59H,8-33,35-39,41,44-45,48-49,51,53,55-57,60-61H2,1-7H3/b42-34?,46-40?,50-43?,54-47?,59-52?,63-58-,64-62?. The van der Waals surface area contributed by atoms with Gasteiger partial charge in [0.15, 0.2) is 0 Å². The molecule has 0 radical (unpaired) electrons. The van der Waals surface area contributed by atoms with Gasteiger partial charge in [-0.05, 0) is 128 Å². The summed E-state index contributed by atoms with van der Waals surface area (Å²) in [6.07, 6.45) is 85.1. The third-order valence-electron chi connectivity index (χ3n) is 14.0. The van der Waals surface area contributed by atoms with Crippen LogP contribution in [0, 0.1) is 5.41 Å². The quantitative estimate of drug-likeness (QED) is 0.0324. The molecule has 1 unspecified atom stereocenters. The van der Waals surface area contributed by atoms with Crippen LogP contribution in [-0.4, -0.2) is 0 Å². The predicted molar refractivity (Wildman–Crippen MR) is 301 cm³/mol. The van der Waals surface area contributed by atoms with Crippen LogP contribution in [0.4, 0.5) is 0 Å². The summed E-state index contributed by atoms with van der Waals surface area (Å²) in [7, 11) is 0. The van der Waals surface area contributed by atoms with Crippen LogP contribution in [0.25, 0.3) is 0 Å². The van der Waals surface area contributed by atoms with Gasteiger partial charge in [-0.15, -0.1) is 0 Å². The molecule has 65 heavy (non-hydrogen) atoms. The SMILES string of the molecule is CCCCC=CCCC(CCCCCC)=C(C=CCCCCCCC)C(CC=CCCCCCC)(CCC=CCCCCC)/C(=C\CCCCCCCCC)CC=CCCCCCCC. The van der Waals surface area contributed by atoms with Crippen LogP contribution in [0.3, 0.4) is 0 Å². The summed E-state index contributed by atoms with van der Waals surface area (Å²) in [6.45, 7) is 16.4. The highest BCUT2D eigenvalue weighted by atomic mass is 14.4. The van der Waals surface area contributed by atoms with Gasteiger partial charge in [0.05, 0.1) is 0 Å². The first-order chi connectivity index (χ1) is 32.1. The Kier molecular flexibility index (Phi) is 50.1. The van der Waals surface area contributed by atoms with E-state index >= 15 is 0 Å². The summed E-state index contributed by atoms with van der Waals surface area (Å²) in [4.78, 5) is 0. The van der Waals surface area contributed by atoms with Gasteiger partial charge < -0.3 is 0 Å². The van der Waals surface area contributed by atoms with Gasteiger partial charge in [0.1, 0.15) is 0 Å². The highest BCUT2D eigenvalue weighted by Gasteiger charge is 2.36. The van der Waals surface area contributed by atoms with E-state index in [1.54, 1.807) is 16.7 Å². The Morgan fingerprint density at radius 1 is 0.308 bits per heavy atom. The van der Waals surface area contributed by atoms with Gasteiger partial charge in [0.2, 0.25) is 0 Å². The minimum absolute atomic E-state index is 0.00495. The zero-order valence-corrected chi connectivity index (χ0v) is 45.8. The Morgan fingerprint density at radius 2 is 0.692 bits per heavy atom. The lowest BCUT2D eigenvalue weighted by Gasteiger charge is -2.40. The molecule has 0 nitrogen and oxygen atoms in total. The van der Waals surface area contributed by atoms with E-state index in [1.807, 2.05) is 0 Å². The van der Waals surface area contributed by atoms with Crippen molar-refractivity contribution >= 4 is 0 Å². The Labute approximate surface area is 411 Å². The van der Waals surface area contributed by atoms with Crippen LogP contribution in [0.1, 0.15) is 325 Å². The molecule has 0 saturated heterocycles. The van der Waals surface area contributed by atoms with Crippen molar-refractivity contribution in [2.45, 2.75) is 325 Å². The summed E-state index contributed by atoms with van der Waals surface area (Å²) in [5.74, 6) is 0. The first-order valence-electron chi connectivity index (χ1n) is 29.8. The molecule has 0 rings (SSSR count). The first kappa shape index (κ1) is 63.2.